The van der Waals surface area contributed by atoms with E-state index in [1.807, 2.05) is 30.5 Å². The van der Waals surface area contributed by atoms with Crippen molar-refractivity contribution in [1.82, 2.24) is 15.0 Å². The second-order valence-electron chi connectivity index (χ2n) is 4.33. The minimum Gasteiger partial charge on any atom is -0.369 e. The van der Waals surface area contributed by atoms with Crippen LogP contribution in [-0.2, 0) is 0 Å². The highest BCUT2D eigenvalue weighted by molar-refractivity contribution is 14.1. The molecule has 2 aromatic heterocycles. The zero-order valence-electron chi connectivity index (χ0n) is 11.0. The molecule has 1 aromatic carbocycles. The Morgan fingerprint density at radius 3 is 2.95 bits per heavy atom. The molecule has 3 aromatic rings. The van der Waals surface area contributed by atoms with Gasteiger partial charge in [0.1, 0.15) is 5.82 Å². The molecule has 0 aliphatic carbocycles. The largest absolute Gasteiger partial charge is 0.369 e. The van der Waals surface area contributed by atoms with E-state index >= 15 is 0 Å². The lowest BCUT2D eigenvalue weighted by atomic mass is 10.1. The quantitative estimate of drug-likeness (QED) is 0.708. The molecular weight excluding hydrogens is 363 g/mol. The topological polar surface area (TPSA) is 50.7 Å². The fourth-order valence-electron chi connectivity index (χ4n) is 2.01. The van der Waals surface area contributed by atoms with Crippen molar-refractivity contribution >= 4 is 39.3 Å². The van der Waals surface area contributed by atoms with E-state index in [-0.39, 0.29) is 0 Å². The average Bonchev–Trinajstić information content (AvgIpc) is 2.49. The number of hydrogen-bond acceptors (Lipinski definition) is 4. The Labute approximate surface area is 130 Å². The Morgan fingerprint density at radius 2 is 2.10 bits per heavy atom. The molecule has 0 unspecified atom stereocenters. The van der Waals surface area contributed by atoms with Gasteiger partial charge in [0.2, 0.25) is 0 Å². The van der Waals surface area contributed by atoms with Crippen LogP contribution in [0, 0.1) is 3.57 Å². The first kappa shape index (κ1) is 13.2. The van der Waals surface area contributed by atoms with Crippen molar-refractivity contribution in [3.63, 3.8) is 0 Å². The summed E-state index contributed by atoms with van der Waals surface area (Å²) in [6, 6.07) is 10.1. The lowest BCUT2D eigenvalue weighted by Crippen LogP contribution is -2.03. The summed E-state index contributed by atoms with van der Waals surface area (Å²) in [4.78, 5) is 13.3. The molecule has 3 rings (SSSR count). The number of halogens is 1. The monoisotopic (exact) mass is 376 g/mol. The standard InChI is InChI=1S/C15H13IN4/c1-2-17-15-12(16)9-19-14(20-15)11-5-6-13-10(8-11)4-3-7-18-13/h3-9H,2H2,1H3,(H,17,19,20). The first-order valence-corrected chi connectivity index (χ1v) is 7.47. The zero-order chi connectivity index (χ0) is 13.9. The molecule has 0 amide bonds. The van der Waals surface area contributed by atoms with E-state index in [1.165, 1.54) is 0 Å². The number of fused-ring (bicyclic) bond motifs is 1. The maximum absolute atomic E-state index is 4.59. The highest BCUT2D eigenvalue weighted by Crippen LogP contribution is 2.23. The van der Waals surface area contributed by atoms with Gasteiger partial charge >= 0.3 is 0 Å². The van der Waals surface area contributed by atoms with Gasteiger partial charge in [-0.25, -0.2) is 9.97 Å². The van der Waals surface area contributed by atoms with E-state index in [0.29, 0.717) is 0 Å². The van der Waals surface area contributed by atoms with E-state index in [9.17, 15) is 0 Å². The van der Waals surface area contributed by atoms with Gasteiger partial charge in [0.05, 0.1) is 9.09 Å². The van der Waals surface area contributed by atoms with Crippen LogP contribution in [0.2, 0.25) is 0 Å². The van der Waals surface area contributed by atoms with Crippen LogP contribution in [0.15, 0.2) is 42.7 Å². The van der Waals surface area contributed by atoms with Crippen LogP contribution < -0.4 is 5.32 Å². The lowest BCUT2D eigenvalue weighted by Gasteiger charge is -2.07. The minimum atomic E-state index is 0.729. The predicted octanol–water partition coefficient (Wildman–Crippen LogP) is 3.73. The summed E-state index contributed by atoms with van der Waals surface area (Å²) in [5, 5.41) is 4.35. The van der Waals surface area contributed by atoms with Gasteiger partial charge in [-0.2, -0.15) is 0 Å². The number of aromatic nitrogens is 3. The summed E-state index contributed by atoms with van der Waals surface area (Å²) < 4.78 is 1.02. The van der Waals surface area contributed by atoms with Crippen molar-refractivity contribution < 1.29 is 0 Å². The van der Waals surface area contributed by atoms with E-state index in [1.54, 1.807) is 6.20 Å². The van der Waals surface area contributed by atoms with E-state index in [2.05, 4.69) is 55.8 Å². The van der Waals surface area contributed by atoms with Crippen LogP contribution in [0.1, 0.15) is 6.92 Å². The van der Waals surface area contributed by atoms with Gasteiger partial charge in [0.25, 0.3) is 0 Å². The Balaban J connectivity index is 2.08. The summed E-state index contributed by atoms with van der Waals surface area (Å²) >= 11 is 2.24. The SMILES string of the molecule is CCNc1nc(-c2ccc3ncccc3c2)ncc1I. The number of nitrogens with one attached hydrogen (secondary N) is 1. The molecule has 100 valence electrons. The molecule has 0 saturated heterocycles. The second-order valence-corrected chi connectivity index (χ2v) is 5.49. The maximum Gasteiger partial charge on any atom is 0.161 e. The molecule has 5 heteroatoms. The van der Waals surface area contributed by atoms with E-state index in [0.717, 1.165) is 38.2 Å². The molecule has 4 nitrogen and oxygen atoms in total. The molecule has 0 aliphatic rings. The number of nitrogens with zero attached hydrogens (tertiary/aromatic N) is 3. The highest BCUT2D eigenvalue weighted by atomic mass is 127. The maximum atomic E-state index is 4.59. The molecule has 0 fully saturated rings. The zero-order valence-corrected chi connectivity index (χ0v) is 13.1. The summed E-state index contributed by atoms with van der Waals surface area (Å²) in [7, 11) is 0. The fraction of sp³-hybridized carbons (Fsp3) is 0.133. The number of rotatable bonds is 3. The molecule has 20 heavy (non-hydrogen) atoms. The summed E-state index contributed by atoms with van der Waals surface area (Å²) in [6.07, 6.45) is 3.64. The van der Waals surface area contributed by atoms with Gasteiger partial charge < -0.3 is 5.32 Å². The second kappa shape index (κ2) is 5.70. The first-order valence-electron chi connectivity index (χ1n) is 6.39. The van der Waals surface area contributed by atoms with Crippen LogP contribution >= 0.6 is 22.6 Å². The van der Waals surface area contributed by atoms with Gasteiger partial charge in [-0.3, -0.25) is 4.98 Å². The van der Waals surface area contributed by atoms with Crippen LogP contribution in [0.4, 0.5) is 5.82 Å². The van der Waals surface area contributed by atoms with Crippen molar-refractivity contribution in [2.24, 2.45) is 0 Å². The van der Waals surface area contributed by atoms with Crippen molar-refractivity contribution in [2.45, 2.75) is 6.92 Å². The normalized spacial score (nSPS) is 10.7. The predicted molar refractivity (Wildman–Crippen MR) is 89.6 cm³/mol. The molecule has 0 saturated carbocycles. The summed E-state index contributed by atoms with van der Waals surface area (Å²) in [5.41, 5.74) is 1.98. The third-order valence-electron chi connectivity index (χ3n) is 2.95. The number of anilines is 1. The van der Waals surface area contributed by atoms with Crippen molar-refractivity contribution in [3.05, 3.63) is 46.3 Å². The van der Waals surface area contributed by atoms with Gasteiger partial charge in [-0.15, -0.1) is 0 Å². The molecular formula is C15H13IN4. The van der Waals surface area contributed by atoms with Crippen LogP contribution in [-0.4, -0.2) is 21.5 Å². The molecule has 0 bridgehead atoms. The lowest BCUT2D eigenvalue weighted by molar-refractivity contribution is 1.10. The Hall–Kier alpha value is -1.76. The van der Waals surface area contributed by atoms with Crippen molar-refractivity contribution in [3.8, 4) is 11.4 Å². The Morgan fingerprint density at radius 1 is 1.20 bits per heavy atom. The first-order chi connectivity index (χ1) is 9.78. The average molecular weight is 376 g/mol. The summed E-state index contributed by atoms with van der Waals surface area (Å²) in [5.74, 6) is 1.61. The number of pyridine rings is 1. The molecule has 0 radical (unpaired) electrons. The van der Waals surface area contributed by atoms with Gasteiger partial charge in [-0.1, -0.05) is 6.07 Å². The highest BCUT2D eigenvalue weighted by Gasteiger charge is 2.07. The van der Waals surface area contributed by atoms with Gasteiger partial charge in [0.15, 0.2) is 5.82 Å². The van der Waals surface area contributed by atoms with Crippen molar-refractivity contribution in [2.75, 3.05) is 11.9 Å². The third kappa shape index (κ3) is 2.58. The Kier molecular flexibility index (Phi) is 3.77. The minimum absolute atomic E-state index is 0.729. The van der Waals surface area contributed by atoms with Crippen LogP contribution in [0.5, 0.6) is 0 Å². The summed E-state index contributed by atoms with van der Waals surface area (Å²) in [6.45, 7) is 2.90. The van der Waals surface area contributed by atoms with E-state index < -0.39 is 0 Å². The third-order valence-corrected chi connectivity index (χ3v) is 3.74. The Bertz CT molecular complexity index is 758. The van der Waals surface area contributed by atoms with Crippen LogP contribution in [0.25, 0.3) is 22.3 Å². The van der Waals surface area contributed by atoms with Crippen LogP contribution in [0.3, 0.4) is 0 Å². The van der Waals surface area contributed by atoms with Gasteiger partial charge in [0, 0.05) is 29.9 Å². The molecule has 1 N–H and O–H groups in total. The van der Waals surface area contributed by atoms with E-state index in [4.69, 9.17) is 0 Å². The van der Waals surface area contributed by atoms with Crippen molar-refractivity contribution in [1.29, 1.82) is 0 Å². The smallest absolute Gasteiger partial charge is 0.161 e. The number of hydrogen-bond donors (Lipinski definition) is 1. The van der Waals surface area contributed by atoms with Gasteiger partial charge in [-0.05, 0) is 53.8 Å². The molecule has 0 spiro atoms. The molecule has 0 aliphatic heterocycles. The molecule has 0 atom stereocenters. The fourth-order valence-corrected chi connectivity index (χ4v) is 2.46. The number of benzene rings is 1. The molecule has 2 heterocycles.